The molecule has 21 heavy (non-hydrogen) atoms. The van der Waals surface area contributed by atoms with E-state index in [1.54, 1.807) is 0 Å². The van der Waals surface area contributed by atoms with Crippen LogP contribution in [0.5, 0.6) is 5.75 Å². The van der Waals surface area contributed by atoms with E-state index in [9.17, 15) is 0 Å². The molecule has 0 fully saturated rings. The van der Waals surface area contributed by atoms with Crippen molar-refractivity contribution in [2.24, 2.45) is 12.9 Å². The molecule has 2 atom stereocenters. The van der Waals surface area contributed by atoms with E-state index in [0.29, 0.717) is 0 Å². The molecule has 1 aliphatic rings. The van der Waals surface area contributed by atoms with Crippen LogP contribution in [0.25, 0.3) is 0 Å². The number of ether oxygens (including phenoxy) is 1. The third-order valence-corrected chi connectivity index (χ3v) is 4.84. The fraction of sp³-hybridized carbons (Fsp3) is 0.400. The predicted octanol–water partition coefficient (Wildman–Crippen LogP) is 1.74. The third kappa shape index (κ3) is 3.40. The topological polar surface area (TPSA) is 65.1 Å². The number of hydrazine groups is 1. The largest absolute Gasteiger partial charge is 0.487 e. The van der Waals surface area contributed by atoms with Crippen molar-refractivity contribution >= 4 is 11.8 Å². The summed E-state index contributed by atoms with van der Waals surface area (Å²) in [6.07, 6.45) is 5.90. The Labute approximate surface area is 128 Å². The third-order valence-electron chi connectivity index (χ3n) is 3.70. The molecule has 0 saturated heterocycles. The van der Waals surface area contributed by atoms with Crippen molar-refractivity contribution in [2.75, 3.05) is 5.75 Å². The molecule has 1 aromatic heterocycles. The molecule has 1 aliphatic heterocycles. The first-order valence-electron chi connectivity index (χ1n) is 7.08. The molecule has 1 aromatic carbocycles. The highest BCUT2D eigenvalue weighted by Gasteiger charge is 2.27. The van der Waals surface area contributed by atoms with Gasteiger partial charge in [-0.25, -0.2) is 0 Å². The van der Waals surface area contributed by atoms with E-state index >= 15 is 0 Å². The Balaban J connectivity index is 1.62. The second-order valence-corrected chi connectivity index (χ2v) is 6.31. The van der Waals surface area contributed by atoms with Gasteiger partial charge in [-0.1, -0.05) is 12.1 Å². The monoisotopic (exact) mass is 304 g/mol. The van der Waals surface area contributed by atoms with Gasteiger partial charge in [0, 0.05) is 23.9 Å². The lowest BCUT2D eigenvalue weighted by Crippen LogP contribution is -2.48. The van der Waals surface area contributed by atoms with Crippen LogP contribution in [-0.4, -0.2) is 27.7 Å². The number of nitrogens with zero attached hydrogens (tertiary/aromatic N) is 2. The molecule has 2 heterocycles. The van der Waals surface area contributed by atoms with Gasteiger partial charge in [0.1, 0.15) is 11.9 Å². The quantitative estimate of drug-likeness (QED) is 0.651. The number of hydrogen-bond donors (Lipinski definition) is 2. The minimum Gasteiger partial charge on any atom is -0.487 e. The highest BCUT2D eigenvalue weighted by atomic mass is 32.2. The van der Waals surface area contributed by atoms with Gasteiger partial charge in [0.2, 0.25) is 0 Å². The minimum atomic E-state index is 0.0894. The van der Waals surface area contributed by atoms with Crippen LogP contribution in [0.4, 0.5) is 0 Å². The summed E-state index contributed by atoms with van der Waals surface area (Å²) in [6, 6.07) is 8.28. The molecule has 0 amide bonds. The van der Waals surface area contributed by atoms with E-state index in [2.05, 4.69) is 16.6 Å². The first-order valence-corrected chi connectivity index (χ1v) is 8.07. The average Bonchev–Trinajstić information content (AvgIpc) is 2.93. The van der Waals surface area contributed by atoms with E-state index < -0.39 is 0 Å². The van der Waals surface area contributed by atoms with Gasteiger partial charge >= 0.3 is 0 Å². The zero-order chi connectivity index (χ0) is 14.7. The van der Waals surface area contributed by atoms with Crippen LogP contribution in [0.3, 0.4) is 0 Å². The number of rotatable bonds is 5. The van der Waals surface area contributed by atoms with Crippen molar-refractivity contribution in [1.82, 2.24) is 15.2 Å². The Bertz CT molecular complexity index is 601. The summed E-state index contributed by atoms with van der Waals surface area (Å²) in [5, 5.41) is 4.19. The number of nitrogens with two attached hydrogens (primary N) is 1. The maximum Gasteiger partial charge on any atom is 0.133 e. The molecular formula is C15H20N4OS. The molecule has 3 N–H and O–H groups in total. The lowest BCUT2D eigenvalue weighted by atomic mass is 10.0. The Morgan fingerprint density at radius 2 is 2.38 bits per heavy atom. The van der Waals surface area contributed by atoms with Gasteiger partial charge in [-0.05, 0) is 30.5 Å². The minimum absolute atomic E-state index is 0.0894. The number of aromatic nitrogens is 2. The first kappa shape index (κ1) is 14.4. The maximum absolute atomic E-state index is 6.09. The summed E-state index contributed by atoms with van der Waals surface area (Å²) >= 11 is 1.83. The zero-order valence-electron chi connectivity index (χ0n) is 12.0. The fourth-order valence-electron chi connectivity index (χ4n) is 2.53. The molecule has 0 saturated carbocycles. The molecule has 2 aromatic rings. The van der Waals surface area contributed by atoms with E-state index in [1.165, 1.54) is 10.5 Å². The number of fused-ring (bicyclic) bond motifs is 1. The van der Waals surface area contributed by atoms with Gasteiger partial charge in [0.25, 0.3) is 0 Å². The molecule has 112 valence electrons. The van der Waals surface area contributed by atoms with Crippen LogP contribution in [0.1, 0.15) is 12.0 Å². The zero-order valence-corrected chi connectivity index (χ0v) is 12.8. The van der Waals surface area contributed by atoms with Gasteiger partial charge in [-0.2, -0.15) is 5.10 Å². The molecule has 0 spiro atoms. The van der Waals surface area contributed by atoms with Gasteiger partial charge < -0.3 is 4.74 Å². The van der Waals surface area contributed by atoms with Crippen LogP contribution in [-0.2, 0) is 13.5 Å². The molecule has 2 unspecified atom stereocenters. The normalized spacial score (nSPS) is 18.9. The van der Waals surface area contributed by atoms with E-state index in [0.717, 1.165) is 24.3 Å². The summed E-state index contributed by atoms with van der Waals surface area (Å²) in [4.78, 5) is 1.21. The van der Waals surface area contributed by atoms with Crippen LogP contribution >= 0.6 is 11.8 Å². The van der Waals surface area contributed by atoms with Crippen molar-refractivity contribution in [3.05, 3.63) is 42.2 Å². The Morgan fingerprint density at radius 1 is 1.52 bits per heavy atom. The maximum atomic E-state index is 6.09. The summed E-state index contributed by atoms with van der Waals surface area (Å²) < 4.78 is 7.92. The Hall–Kier alpha value is -1.50. The van der Waals surface area contributed by atoms with Gasteiger partial charge in [0.05, 0.1) is 12.2 Å². The molecule has 6 heteroatoms. The van der Waals surface area contributed by atoms with Crippen LogP contribution in [0, 0.1) is 0 Å². The SMILES string of the molecule is Cn1cc(CCC(NN)C2CSc3ccccc3O2)cn1. The van der Waals surface area contributed by atoms with E-state index in [1.807, 2.05) is 54.1 Å². The lowest BCUT2D eigenvalue weighted by molar-refractivity contribution is 0.161. The number of aryl methyl sites for hydroxylation is 2. The summed E-state index contributed by atoms with van der Waals surface area (Å²) in [7, 11) is 1.93. The first-order chi connectivity index (χ1) is 10.3. The van der Waals surface area contributed by atoms with E-state index in [-0.39, 0.29) is 12.1 Å². The highest BCUT2D eigenvalue weighted by Crippen LogP contribution is 2.36. The Morgan fingerprint density at radius 3 is 3.14 bits per heavy atom. The van der Waals surface area contributed by atoms with Crippen LogP contribution in [0.15, 0.2) is 41.6 Å². The standard InChI is InChI=1S/C15H20N4OS/c1-19-9-11(8-17-19)6-7-12(18-16)14-10-21-15-5-3-2-4-13(15)20-14/h2-5,8-9,12,14,18H,6-7,10,16H2,1H3. The van der Waals surface area contributed by atoms with E-state index in [4.69, 9.17) is 10.6 Å². The molecule has 0 radical (unpaired) electrons. The Kier molecular flexibility index (Phi) is 4.48. The summed E-state index contributed by atoms with van der Waals surface area (Å²) in [5.41, 5.74) is 4.14. The molecule has 0 bridgehead atoms. The summed E-state index contributed by atoms with van der Waals surface area (Å²) in [5.74, 6) is 7.61. The number of nitrogens with one attached hydrogen (secondary N) is 1. The van der Waals surface area contributed by atoms with Crippen molar-refractivity contribution in [3.63, 3.8) is 0 Å². The van der Waals surface area contributed by atoms with Crippen LogP contribution in [0.2, 0.25) is 0 Å². The van der Waals surface area contributed by atoms with Crippen molar-refractivity contribution in [1.29, 1.82) is 0 Å². The number of para-hydroxylation sites is 1. The smallest absolute Gasteiger partial charge is 0.133 e. The second-order valence-electron chi connectivity index (χ2n) is 5.25. The number of hydrogen-bond acceptors (Lipinski definition) is 5. The van der Waals surface area contributed by atoms with Crippen molar-refractivity contribution in [3.8, 4) is 5.75 Å². The molecular weight excluding hydrogens is 284 g/mol. The van der Waals surface area contributed by atoms with Crippen molar-refractivity contribution in [2.45, 2.75) is 29.9 Å². The number of benzene rings is 1. The molecule has 3 rings (SSSR count). The number of thioether (sulfide) groups is 1. The predicted molar refractivity (Wildman–Crippen MR) is 84.2 cm³/mol. The second kappa shape index (κ2) is 6.51. The van der Waals surface area contributed by atoms with Gasteiger partial charge in [0.15, 0.2) is 0 Å². The van der Waals surface area contributed by atoms with Crippen LogP contribution < -0.4 is 16.0 Å². The highest BCUT2D eigenvalue weighted by molar-refractivity contribution is 7.99. The molecule has 0 aliphatic carbocycles. The lowest BCUT2D eigenvalue weighted by Gasteiger charge is -2.31. The van der Waals surface area contributed by atoms with Gasteiger partial charge in [-0.3, -0.25) is 16.0 Å². The fourth-order valence-corrected chi connectivity index (χ4v) is 3.61. The molecule has 5 nitrogen and oxygen atoms in total. The summed E-state index contributed by atoms with van der Waals surface area (Å²) in [6.45, 7) is 0. The van der Waals surface area contributed by atoms with Gasteiger partial charge in [-0.15, -0.1) is 11.8 Å². The van der Waals surface area contributed by atoms with Crippen molar-refractivity contribution < 1.29 is 4.74 Å². The average molecular weight is 304 g/mol.